The second-order valence-electron chi connectivity index (χ2n) is 7.19. The molecule has 1 aliphatic heterocycles. The third-order valence-corrected chi connectivity index (χ3v) is 4.86. The van der Waals surface area contributed by atoms with Crippen molar-refractivity contribution in [2.75, 3.05) is 17.6 Å². The van der Waals surface area contributed by atoms with Gasteiger partial charge in [-0.2, -0.15) is 0 Å². The highest BCUT2D eigenvalue weighted by atomic mass is 19.1. The summed E-state index contributed by atoms with van der Waals surface area (Å²) in [5.74, 6) is -1.97. The molecular weight excluding hydrogens is 366 g/mol. The first-order chi connectivity index (χ1) is 13.3. The molecule has 1 aromatic heterocycles. The first kappa shape index (κ1) is 19.7. The van der Waals surface area contributed by atoms with Crippen molar-refractivity contribution in [3.63, 3.8) is 0 Å². The molecule has 3 atom stereocenters. The molecular formula is C20H22F2N4O2. The van der Waals surface area contributed by atoms with E-state index >= 15 is 0 Å². The van der Waals surface area contributed by atoms with Crippen LogP contribution in [0.2, 0.25) is 0 Å². The monoisotopic (exact) mass is 388 g/mol. The maximum absolute atomic E-state index is 14.8. The van der Waals surface area contributed by atoms with E-state index in [0.717, 1.165) is 0 Å². The number of carbonyl (C=O) groups is 2. The minimum Gasteiger partial charge on any atom is -0.383 e. The number of nitrogens with one attached hydrogen (secondary N) is 1. The van der Waals surface area contributed by atoms with Gasteiger partial charge in [0.15, 0.2) is 0 Å². The Bertz CT molecular complexity index is 888. The highest BCUT2D eigenvalue weighted by molar-refractivity contribution is 6.39. The van der Waals surface area contributed by atoms with Crippen LogP contribution in [0.5, 0.6) is 0 Å². The van der Waals surface area contributed by atoms with Crippen LogP contribution < -0.4 is 11.1 Å². The summed E-state index contributed by atoms with van der Waals surface area (Å²) in [6.07, 6.45) is 0.252. The summed E-state index contributed by atoms with van der Waals surface area (Å²) >= 11 is 0. The Labute approximate surface area is 161 Å². The van der Waals surface area contributed by atoms with Gasteiger partial charge in [-0.15, -0.1) is 0 Å². The summed E-state index contributed by atoms with van der Waals surface area (Å²) in [7, 11) is 0. The molecule has 28 heavy (non-hydrogen) atoms. The number of nitrogens with zero attached hydrogens (tertiary/aromatic N) is 2. The minimum atomic E-state index is -1.36. The number of piperidine rings is 1. The number of rotatable bonds is 2. The van der Waals surface area contributed by atoms with Crippen LogP contribution in [0.4, 0.5) is 20.3 Å². The van der Waals surface area contributed by atoms with E-state index in [1.165, 1.54) is 35.4 Å². The molecule has 1 saturated heterocycles. The van der Waals surface area contributed by atoms with Crippen LogP contribution in [0.25, 0.3) is 0 Å². The van der Waals surface area contributed by atoms with Crippen LogP contribution in [0, 0.1) is 18.7 Å². The highest BCUT2D eigenvalue weighted by Gasteiger charge is 2.40. The summed E-state index contributed by atoms with van der Waals surface area (Å²) in [6.45, 7) is 3.77. The van der Waals surface area contributed by atoms with E-state index in [1.54, 1.807) is 13.0 Å². The lowest BCUT2D eigenvalue weighted by Crippen LogP contribution is -2.50. The van der Waals surface area contributed by atoms with Gasteiger partial charge in [0.1, 0.15) is 17.8 Å². The lowest BCUT2D eigenvalue weighted by atomic mass is 9.88. The van der Waals surface area contributed by atoms with E-state index in [4.69, 9.17) is 5.73 Å². The summed E-state index contributed by atoms with van der Waals surface area (Å²) < 4.78 is 28.1. The quantitative estimate of drug-likeness (QED) is 0.774. The second kappa shape index (κ2) is 7.92. The van der Waals surface area contributed by atoms with Gasteiger partial charge < -0.3 is 16.0 Å². The van der Waals surface area contributed by atoms with Crippen LogP contribution in [0.3, 0.4) is 0 Å². The maximum Gasteiger partial charge on any atom is 0.313 e. The fraction of sp³-hybridized carbons (Fsp3) is 0.350. The van der Waals surface area contributed by atoms with Crippen LogP contribution in [0.15, 0.2) is 36.5 Å². The van der Waals surface area contributed by atoms with E-state index in [-0.39, 0.29) is 18.9 Å². The van der Waals surface area contributed by atoms with Gasteiger partial charge in [-0.3, -0.25) is 9.59 Å². The molecule has 3 N–H and O–H groups in total. The standard InChI is InChI=1S/C20H22F2N4O2/c1-11-7-16(22)17(13-3-5-14(21)6-4-13)26(10-11)20(28)19(27)25-15-8-12(2)18(23)24-9-15/h3-6,8-9,11,16-17H,7,10H2,1-2H3,(H2,23,24)(H,25,27)/t11-,16-,17+/m0/s1. The van der Waals surface area contributed by atoms with E-state index in [1.807, 2.05) is 6.92 Å². The molecule has 148 valence electrons. The van der Waals surface area contributed by atoms with Gasteiger partial charge in [0.25, 0.3) is 0 Å². The number of likely N-dealkylation sites (tertiary alicyclic amines) is 1. The van der Waals surface area contributed by atoms with Gasteiger partial charge in [0, 0.05) is 6.54 Å². The molecule has 1 aliphatic rings. The SMILES string of the molecule is Cc1cc(NC(=O)C(=O)N2C[C@@H](C)C[C@H](F)[C@H]2c2ccc(F)cc2)cnc1N. The Balaban J connectivity index is 1.84. The Kier molecular flexibility index (Phi) is 5.58. The van der Waals surface area contributed by atoms with Gasteiger partial charge in [0.05, 0.1) is 17.9 Å². The second-order valence-corrected chi connectivity index (χ2v) is 7.19. The lowest BCUT2D eigenvalue weighted by Gasteiger charge is -2.40. The molecule has 0 aliphatic carbocycles. The average molecular weight is 388 g/mol. The maximum atomic E-state index is 14.8. The summed E-state index contributed by atoms with van der Waals surface area (Å²) in [5.41, 5.74) is 7.09. The first-order valence-electron chi connectivity index (χ1n) is 9.00. The van der Waals surface area contributed by atoms with Gasteiger partial charge in [0.2, 0.25) is 0 Å². The third kappa shape index (κ3) is 4.11. The van der Waals surface area contributed by atoms with Crippen molar-refractivity contribution in [1.82, 2.24) is 9.88 Å². The fourth-order valence-corrected chi connectivity index (χ4v) is 3.46. The molecule has 0 spiro atoms. The number of nitrogens with two attached hydrogens (primary N) is 1. The normalized spacial score (nSPS) is 22.0. The number of anilines is 2. The van der Waals surface area contributed by atoms with Crippen molar-refractivity contribution < 1.29 is 18.4 Å². The van der Waals surface area contributed by atoms with E-state index in [2.05, 4.69) is 10.3 Å². The predicted octanol–water partition coefficient (Wildman–Crippen LogP) is 3.00. The zero-order chi connectivity index (χ0) is 20.4. The molecule has 1 aromatic carbocycles. The zero-order valence-electron chi connectivity index (χ0n) is 15.7. The molecule has 2 aromatic rings. The molecule has 8 heteroatoms. The molecule has 0 bridgehead atoms. The van der Waals surface area contributed by atoms with Gasteiger partial charge in [-0.25, -0.2) is 13.8 Å². The smallest absolute Gasteiger partial charge is 0.313 e. The molecule has 0 radical (unpaired) electrons. The van der Waals surface area contributed by atoms with Crippen molar-refractivity contribution in [2.45, 2.75) is 32.5 Å². The fourth-order valence-electron chi connectivity index (χ4n) is 3.46. The minimum absolute atomic E-state index is 0.108. The van der Waals surface area contributed by atoms with Crippen molar-refractivity contribution in [2.24, 2.45) is 5.92 Å². The van der Waals surface area contributed by atoms with Crippen molar-refractivity contribution in [1.29, 1.82) is 0 Å². The molecule has 2 amide bonds. The average Bonchev–Trinajstić information content (AvgIpc) is 2.64. The number of halogens is 2. The van der Waals surface area contributed by atoms with E-state index < -0.39 is 29.8 Å². The van der Waals surface area contributed by atoms with Gasteiger partial charge in [-0.1, -0.05) is 19.1 Å². The van der Waals surface area contributed by atoms with E-state index in [0.29, 0.717) is 22.6 Å². The van der Waals surface area contributed by atoms with Gasteiger partial charge >= 0.3 is 11.8 Å². The Morgan fingerprint density at radius 3 is 2.61 bits per heavy atom. The number of pyridine rings is 1. The molecule has 3 rings (SSSR count). The van der Waals surface area contributed by atoms with Crippen LogP contribution in [0.1, 0.15) is 30.5 Å². The number of alkyl halides is 1. The topological polar surface area (TPSA) is 88.3 Å². The van der Waals surface area contributed by atoms with Crippen LogP contribution in [-0.4, -0.2) is 34.4 Å². The Hall–Kier alpha value is -3.03. The highest BCUT2D eigenvalue weighted by Crippen LogP contribution is 2.36. The number of amides is 2. The number of hydrogen-bond acceptors (Lipinski definition) is 4. The number of hydrogen-bond donors (Lipinski definition) is 2. The molecule has 6 nitrogen and oxygen atoms in total. The molecule has 1 fully saturated rings. The summed E-state index contributed by atoms with van der Waals surface area (Å²) in [6, 6.07) is 5.96. The van der Waals surface area contributed by atoms with Crippen LogP contribution >= 0.6 is 0 Å². The lowest BCUT2D eigenvalue weighted by molar-refractivity contribution is -0.148. The summed E-state index contributed by atoms with van der Waals surface area (Å²) in [5, 5.41) is 2.49. The van der Waals surface area contributed by atoms with E-state index in [9.17, 15) is 18.4 Å². The number of aromatic nitrogens is 1. The van der Waals surface area contributed by atoms with Crippen molar-refractivity contribution in [3.05, 3.63) is 53.5 Å². The molecule has 2 heterocycles. The first-order valence-corrected chi connectivity index (χ1v) is 9.00. The molecule has 0 saturated carbocycles. The van der Waals surface area contributed by atoms with Gasteiger partial charge in [-0.05, 0) is 48.6 Å². The van der Waals surface area contributed by atoms with Crippen LogP contribution in [-0.2, 0) is 9.59 Å². The number of aryl methyl sites for hydroxylation is 1. The largest absolute Gasteiger partial charge is 0.383 e. The third-order valence-electron chi connectivity index (χ3n) is 4.86. The Morgan fingerprint density at radius 1 is 1.29 bits per heavy atom. The summed E-state index contributed by atoms with van der Waals surface area (Å²) in [4.78, 5) is 30.5. The zero-order valence-corrected chi connectivity index (χ0v) is 15.7. The number of benzene rings is 1. The number of nitrogen functional groups attached to an aromatic ring is 1. The van der Waals surface area contributed by atoms with Crippen molar-refractivity contribution >= 4 is 23.3 Å². The Morgan fingerprint density at radius 2 is 1.96 bits per heavy atom. The number of carbonyl (C=O) groups excluding carboxylic acids is 2. The molecule has 0 unspecified atom stereocenters. The van der Waals surface area contributed by atoms with Crippen molar-refractivity contribution in [3.8, 4) is 0 Å². The predicted molar refractivity (Wildman–Crippen MR) is 102 cm³/mol.